The maximum absolute atomic E-state index is 11.6. The molecule has 0 spiro atoms. The topological polar surface area (TPSA) is 30.2 Å². The molecule has 1 heterocycles. The molecule has 0 aliphatic carbocycles. The van der Waals surface area contributed by atoms with Gasteiger partial charge in [-0.3, -0.25) is 0 Å². The third-order valence-corrected chi connectivity index (χ3v) is 4.02. The molecule has 0 radical (unpaired) electrons. The van der Waals surface area contributed by atoms with E-state index in [4.69, 9.17) is 4.42 Å². The van der Waals surface area contributed by atoms with Crippen molar-refractivity contribution in [3.05, 3.63) is 69.1 Å². The van der Waals surface area contributed by atoms with Crippen molar-refractivity contribution in [3.8, 4) is 11.1 Å². The molecule has 2 nitrogen and oxygen atoms in total. The minimum atomic E-state index is -0.290. The average Bonchev–Trinajstić information content (AvgIpc) is 2.39. The van der Waals surface area contributed by atoms with Gasteiger partial charge < -0.3 is 4.42 Å². The fraction of sp³-hybridized carbons (Fsp3) is 0.211. The quantitative estimate of drug-likeness (QED) is 0.604. The van der Waals surface area contributed by atoms with Gasteiger partial charge in [-0.25, -0.2) is 4.79 Å². The predicted molar refractivity (Wildman–Crippen MR) is 86.9 cm³/mol. The number of aryl methyl sites for hydroxylation is 4. The van der Waals surface area contributed by atoms with Gasteiger partial charge in [0.25, 0.3) is 0 Å². The van der Waals surface area contributed by atoms with Crippen LogP contribution in [0.5, 0.6) is 0 Å². The van der Waals surface area contributed by atoms with Crippen LogP contribution < -0.4 is 5.63 Å². The molecule has 0 N–H and O–H groups in total. The Labute approximate surface area is 124 Å². The molecule has 0 unspecified atom stereocenters. The number of benzene rings is 2. The van der Waals surface area contributed by atoms with Crippen LogP contribution in [0.4, 0.5) is 0 Å². The van der Waals surface area contributed by atoms with Crippen molar-refractivity contribution in [3.63, 3.8) is 0 Å². The van der Waals surface area contributed by atoms with Crippen LogP contribution in [0.3, 0.4) is 0 Å². The first-order valence-electron chi connectivity index (χ1n) is 7.09. The molecule has 0 atom stereocenters. The van der Waals surface area contributed by atoms with Gasteiger partial charge in [-0.05, 0) is 61.6 Å². The van der Waals surface area contributed by atoms with Crippen molar-refractivity contribution >= 4 is 11.0 Å². The van der Waals surface area contributed by atoms with Crippen molar-refractivity contribution in [2.75, 3.05) is 0 Å². The van der Waals surface area contributed by atoms with E-state index in [1.807, 2.05) is 13.0 Å². The molecule has 0 bridgehead atoms. The summed E-state index contributed by atoms with van der Waals surface area (Å²) in [4.78, 5) is 11.6. The molecule has 2 heteroatoms. The van der Waals surface area contributed by atoms with E-state index in [-0.39, 0.29) is 5.63 Å². The van der Waals surface area contributed by atoms with Gasteiger partial charge in [0.05, 0.1) is 0 Å². The molecular weight excluding hydrogens is 260 g/mol. The smallest absolute Gasteiger partial charge is 0.336 e. The standard InChI is InChI=1S/C19H18O2/c1-11-5-7-15(8-6-11)18-12(2)9-16-19(14(18)4)13(3)10-17(20)21-16/h5-10H,1-4H3. The summed E-state index contributed by atoms with van der Waals surface area (Å²) in [5, 5.41) is 1.04. The third kappa shape index (κ3) is 2.27. The molecular formula is C19H18O2. The minimum absolute atomic E-state index is 0.290. The van der Waals surface area contributed by atoms with Gasteiger partial charge >= 0.3 is 5.63 Å². The van der Waals surface area contributed by atoms with Crippen LogP contribution in [-0.4, -0.2) is 0 Å². The highest BCUT2D eigenvalue weighted by Crippen LogP contribution is 2.34. The van der Waals surface area contributed by atoms with Crippen molar-refractivity contribution in [1.82, 2.24) is 0 Å². The van der Waals surface area contributed by atoms with Gasteiger partial charge in [0.2, 0.25) is 0 Å². The second-order valence-corrected chi connectivity index (χ2v) is 5.68. The first-order valence-corrected chi connectivity index (χ1v) is 7.09. The maximum atomic E-state index is 11.6. The van der Waals surface area contributed by atoms with Gasteiger partial charge in [-0.15, -0.1) is 0 Å². The largest absolute Gasteiger partial charge is 0.423 e. The average molecular weight is 278 g/mol. The Kier molecular flexibility index (Phi) is 3.17. The molecule has 0 aliphatic heterocycles. The monoisotopic (exact) mass is 278 g/mol. The van der Waals surface area contributed by atoms with Crippen molar-refractivity contribution in [2.24, 2.45) is 0 Å². The fourth-order valence-corrected chi connectivity index (χ4v) is 3.07. The molecule has 0 saturated carbocycles. The molecule has 21 heavy (non-hydrogen) atoms. The highest BCUT2D eigenvalue weighted by atomic mass is 16.4. The van der Waals surface area contributed by atoms with Crippen LogP contribution in [-0.2, 0) is 0 Å². The number of rotatable bonds is 1. The van der Waals surface area contributed by atoms with E-state index < -0.39 is 0 Å². The van der Waals surface area contributed by atoms with Gasteiger partial charge in [-0.2, -0.15) is 0 Å². The molecule has 106 valence electrons. The summed E-state index contributed by atoms with van der Waals surface area (Å²) < 4.78 is 5.36. The van der Waals surface area contributed by atoms with E-state index in [9.17, 15) is 4.79 Å². The minimum Gasteiger partial charge on any atom is -0.423 e. The van der Waals surface area contributed by atoms with Crippen LogP contribution in [0.2, 0.25) is 0 Å². The summed E-state index contributed by atoms with van der Waals surface area (Å²) >= 11 is 0. The summed E-state index contributed by atoms with van der Waals surface area (Å²) in [7, 11) is 0. The lowest BCUT2D eigenvalue weighted by Gasteiger charge is -2.14. The van der Waals surface area contributed by atoms with Crippen LogP contribution in [0.1, 0.15) is 22.3 Å². The zero-order chi connectivity index (χ0) is 15.1. The van der Waals surface area contributed by atoms with E-state index >= 15 is 0 Å². The summed E-state index contributed by atoms with van der Waals surface area (Å²) in [6.45, 7) is 8.20. The molecule has 0 fully saturated rings. The molecule has 0 amide bonds. The second-order valence-electron chi connectivity index (χ2n) is 5.68. The molecule has 2 aromatic carbocycles. The second kappa shape index (κ2) is 4.88. The van der Waals surface area contributed by atoms with Crippen molar-refractivity contribution in [2.45, 2.75) is 27.7 Å². The molecule has 3 aromatic rings. The van der Waals surface area contributed by atoms with E-state index in [1.165, 1.54) is 16.7 Å². The lowest BCUT2D eigenvalue weighted by atomic mass is 9.91. The van der Waals surface area contributed by atoms with Crippen molar-refractivity contribution < 1.29 is 4.42 Å². The van der Waals surface area contributed by atoms with Crippen molar-refractivity contribution in [1.29, 1.82) is 0 Å². The number of fused-ring (bicyclic) bond motifs is 1. The SMILES string of the molecule is Cc1ccc(-c2c(C)cc3oc(=O)cc(C)c3c2C)cc1. The van der Waals surface area contributed by atoms with Gasteiger partial charge in [-0.1, -0.05) is 29.8 Å². The summed E-state index contributed by atoms with van der Waals surface area (Å²) in [5.74, 6) is 0. The number of hydrogen-bond acceptors (Lipinski definition) is 2. The summed E-state index contributed by atoms with van der Waals surface area (Å²) in [6.07, 6.45) is 0. The zero-order valence-electron chi connectivity index (χ0n) is 12.8. The van der Waals surface area contributed by atoms with E-state index in [1.54, 1.807) is 6.07 Å². The predicted octanol–water partition coefficient (Wildman–Crippen LogP) is 4.69. The molecule has 3 rings (SSSR count). The lowest BCUT2D eigenvalue weighted by molar-refractivity contribution is 0.559. The first-order chi connectivity index (χ1) is 9.97. The molecule has 1 aromatic heterocycles. The van der Waals surface area contributed by atoms with E-state index in [2.05, 4.69) is 45.0 Å². The van der Waals surface area contributed by atoms with E-state index in [0.717, 1.165) is 22.1 Å². The Morgan fingerprint density at radius 1 is 0.857 bits per heavy atom. The highest BCUT2D eigenvalue weighted by molar-refractivity contribution is 5.92. The van der Waals surface area contributed by atoms with Gasteiger partial charge in [0.15, 0.2) is 0 Å². The first kappa shape index (κ1) is 13.6. The summed E-state index contributed by atoms with van der Waals surface area (Å²) in [6, 6.07) is 12.1. The lowest BCUT2D eigenvalue weighted by Crippen LogP contribution is -2.00. The summed E-state index contributed by atoms with van der Waals surface area (Å²) in [5.41, 5.74) is 7.30. The Balaban J connectivity index is 2.39. The fourth-order valence-electron chi connectivity index (χ4n) is 3.07. The number of hydrogen-bond donors (Lipinski definition) is 0. The van der Waals surface area contributed by atoms with Crippen LogP contribution >= 0.6 is 0 Å². The molecule has 0 saturated heterocycles. The third-order valence-electron chi connectivity index (χ3n) is 4.02. The molecule has 0 aliphatic rings. The zero-order valence-corrected chi connectivity index (χ0v) is 12.8. The Morgan fingerprint density at radius 2 is 1.52 bits per heavy atom. The Bertz CT molecular complexity index is 884. The van der Waals surface area contributed by atoms with Gasteiger partial charge in [0, 0.05) is 11.5 Å². The normalized spacial score (nSPS) is 11.0. The highest BCUT2D eigenvalue weighted by Gasteiger charge is 2.13. The van der Waals surface area contributed by atoms with Crippen LogP contribution in [0.25, 0.3) is 22.1 Å². The maximum Gasteiger partial charge on any atom is 0.336 e. The van der Waals surface area contributed by atoms with Crippen LogP contribution in [0, 0.1) is 27.7 Å². The Morgan fingerprint density at radius 3 is 2.19 bits per heavy atom. The van der Waals surface area contributed by atoms with E-state index in [0.29, 0.717) is 5.58 Å². The van der Waals surface area contributed by atoms with Gasteiger partial charge in [0.1, 0.15) is 5.58 Å². The Hall–Kier alpha value is -2.35. The van der Waals surface area contributed by atoms with Crippen LogP contribution in [0.15, 0.2) is 45.6 Å².